The minimum atomic E-state index is -0.165. The maximum atomic E-state index is 12.5. The van der Waals surface area contributed by atoms with Crippen LogP contribution in [0.4, 0.5) is 10.5 Å². The molecule has 6 nitrogen and oxygen atoms in total. The van der Waals surface area contributed by atoms with Crippen molar-refractivity contribution in [2.24, 2.45) is 5.92 Å². The van der Waals surface area contributed by atoms with Crippen LogP contribution in [-0.4, -0.2) is 50.6 Å². The summed E-state index contributed by atoms with van der Waals surface area (Å²) in [5, 5.41) is 2.92. The van der Waals surface area contributed by atoms with Crippen LogP contribution in [0.3, 0.4) is 0 Å². The van der Waals surface area contributed by atoms with E-state index in [1.54, 1.807) is 7.11 Å². The molecule has 1 atom stereocenters. The van der Waals surface area contributed by atoms with E-state index in [0.29, 0.717) is 31.2 Å². The van der Waals surface area contributed by atoms with Crippen LogP contribution in [0.25, 0.3) is 0 Å². The van der Waals surface area contributed by atoms with Gasteiger partial charge in [-0.1, -0.05) is 12.1 Å². The number of carbonyl (C=O) groups is 1. The summed E-state index contributed by atoms with van der Waals surface area (Å²) in [5.41, 5.74) is 0.686. The van der Waals surface area contributed by atoms with E-state index in [-0.39, 0.29) is 18.2 Å². The van der Waals surface area contributed by atoms with Crippen LogP contribution in [0.2, 0.25) is 0 Å². The lowest BCUT2D eigenvalue weighted by molar-refractivity contribution is -0.0959. The van der Waals surface area contributed by atoms with Crippen molar-refractivity contribution in [2.45, 2.75) is 19.1 Å². The second-order valence-corrected chi connectivity index (χ2v) is 5.59. The first kappa shape index (κ1) is 15.1. The van der Waals surface area contributed by atoms with Crippen LogP contribution < -0.4 is 10.1 Å². The molecule has 6 heteroatoms. The van der Waals surface area contributed by atoms with Crippen LogP contribution in [-0.2, 0) is 9.47 Å². The molecule has 3 rings (SSSR count). The van der Waals surface area contributed by atoms with E-state index < -0.39 is 0 Å². The number of anilines is 1. The van der Waals surface area contributed by atoms with Crippen LogP contribution in [0.15, 0.2) is 24.3 Å². The second kappa shape index (κ2) is 6.98. The fraction of sp³-hybridized carbons (Fsp3) is 0.562. The zero-order valence-electron chi connectivity index (χ0n) is 12.8. The number of nitrogens with one attached hydrogen (secondary N) is 1. The highest BCUT2D eigenvalue weighted by Crippen LogP contribution is 2.27. The Bertz CT molecular complexity index is 517. The molecule has 0 saturated carbocycles. The molecule has 0 bridgehead atoms. The molecule has 2 amide bonds. The van der Waals surface area contributed by atoms with E-state index in [1.165, 1.54) is 0 Å². The third kappa shape index (κ3) is 3.34. The Hall–Kier alpha value is -1.79. The molecule has 1 aromatic carbocycles. The van der Waals surface area contributed by atoms with E-state index in [4.69, 9.17) is 14.2 Å². The highest BCUT2D eigenvalue weighted by atomic mass is 16.7. The first-order valence-corrected chi connectivity index (χ1v) is 7.70. The van der Waals surface area contributed by atoms with Gasteiger partial charge in [0.1, 0.15) is 5.75 Å². The van der Waals surface area contributed by atoms with Crippen LogP contribution >= 0.6 is 0 Å². The molecule has 0 spiro atoms. The minimum Gasteiger partial charge on any atom is -0.495 e. The monoisotopic (exact) mass is 306 g/mol. The molecule has 2 aliphatic heterocycles. The summed E-state index contributed by atoms with van der Waals surface area (Å²) >= 11 is 0. The Balaban J connectivity index is 1.61. The number of piperidine rings is 1. The number of likely N-dealkylation sites (tertiary alicyclic amines) is 1. The Morgan fingerprint density at radius 1 is 1.32 bits per heavy atom. The van der Waals surface area contributed by atoms with Gasteiger partial charge in [0.15, 0.2) is 6.29 Å². The fourth-order valence-electron chi connectivity index (χ4n) is 3.01. The van der Waals surface area contributed by atoms with Gasteiger partial charge in [-0.25, -0.2) is 4.79 Å². The van der Waals surface area contributed by atoms with Crippen LogP contribution in [0.1, 0.15) is 12.8 Å². The number of carbonyl (C=O) groups excluding carboxylic acids is 1. The lowest BCUT2D eigenvalue weighted by Gasteiger charge is -2.34. The Kier molecular flexibility index (Phi) is 4.80. The predicted octanol–water partition coefficient (Wildman–Crippen LogP) is 2.31. The summed E-state index contributed by atoms with van der Waals surface area (Å²) in [7, 11) is 1.59. The Morgan fingerprint density at radius 2 is 2.09 bits per heavy atom. The van der Waals surface area contributed by atoms with Gasteiger partial charge in [-0.3, -0.25) is 0 Å². The van der Waals surface area contributed by atoms with Crippen molar-refractivity contribution >= 4 is 11.7 Å². The predicted molar refractivity (Wildman–Crippen MR) is 82.0 cm³/mol. The summed E-state index contributed by atoms with van der Waals surface area (Å²) < 4.78 is 16.4. The van der Waals surface area contributed by atoms with Gasteiger partial charge in [0.2, 0.25) is 0 Å². The van der Waals surface area contributed by atoms with Gasteiger partial charge < -0.3 is 24.4 Å². The number of nitrogens with zero attached hydrogens (tertiary/aromatic N) is 1. The van der Waals surface area contributed by atoms with E-state index in [2.05, 4.69) is 5.32 Å². The third-order valence-electron chi connectivity index (χ3n) is 4.13. The molecule has 22 heavy (non-hydrogen) atoms. The summed E-state index contributed by atoms with van der Waals surface area (Å²) in [4.78, 5) is 14.3. The number of methoxy groups -OCH3 is 1. The highest BCUT2D eigenvalue weighted by Gasteiger charge is 2.32. The zero-order chi connectivity index (χ0) is 15.4. The zero-order valence-corrected chi connectivity index (χ0v) is 12.8. The van der Waals surface area contributed by atoms with Crippen LogP contribution in [0.5, 0.6) is 5.75 Å². The number of hydrogen-bond donors (Lipinski definition) is 1. The molecule has 2 aliphatic rings. The maximum absolute atomic E-state index is 12.5. The molecule has 1 aromatic rings. The fourth-order valence-corrected chi connectivity index (χ4v) is 3.01. The minimum absolute atomic E-state index is 0.104. The molecule has 1 N–H and O–H groups in total. The molecule has 2 fully saturated rings. The number of ether oxygens (including phenoxy) is 3. The van der Waals surface area contributed by atoms with Crippen molar-refractivity contribution in [2.75, 3.05) is 38.7 Å². The standard InChI is InChI=1S/C16H22N2O4/c1-20-14-7-3-2-6-13(14)17-16(19)18-8-4-5-12(11-18)15-21-9-10-22-15/h2-3,6-7,12,15H,4-5,8-11H2,1H3,(H,17,19)/t12-/m0/s1. The van der Waals surface area contributed by atoms with Crippen molar-refractivity contribution in [3.8, 4) is 5.75 Å². The summed E-state index contributed by atoms with van der Waals surface area (Å²) in [5.74, 6) is 0.909. The van der Waals surface area contributed by atoms with Crippen molar-refractivity contribution in [3.05, 3.63) is 24.3 Å². The lowest BCUT2D eigenvalue weighted by atomic mass is 9.98. The van der Waals surface area contributed by atoms with Crippen molar-refractivity contribution in [1.29, 1.82) is 0 Å². The van der Waals surface area contributed by atoms with Gasteiger partial charge in [0, 0.05) is 19.0 Å². The normalized spacial score (nSPS) is 22.6. The SMILES string of the molecule is COc1ccccc1NC(=O)N1CCC[C@H](C2OCCO2)C1. The van der Waals surface area contributed by atoms with E-state index in [0.717, 1.165) is 19.4 Å². The molecular weight excluding hydrogens is 284 g/mol. The van der Waals surface area contributed by atoms with E-state index >= 15 is 0 Å². The lowest BCUT2D eigenvalue weighted by Crippen LogP contribution is -2.45. The number of urea groups is 1. The topological polar surface area (TPSA) is 60.0 Å². The van der Waals surface area contributed by atoms with Crippen molar-refractivity contribution in [3.63, 3.8) is 0 Å². The summed E-state index contributed by atoms with van der Waals surface area (Å²) in [6.45, 7) is 2.71. The van der Waals surface area contributed by atoms with Gasteiger partial charge >= 0.3 is 6.03 Å². The molecule has 120 valence electrons. The first-order chi connectivity index (χ1) is 10.8. The van der Waals surface area contributed by atoms with Crippen molar-refractivity contribution in [1.82, 2.24) is 4.90 Å². The molecule has 2 heterocycles. The molecule has 0 unspecified atom stereocenters. The summed E-state index contributed by atoms with van der Waals surface area (Å²) in [6.07, 6.45) is 1.83. The molecule has 0 aromatic heterocycles. The molecule has 0 aliphatic carbocycles. The Labute approximate surface area is 130 Å². The number of amides is 2. The molecular formula is C16H22N2O4. The number of benzene rings is 1. The first-order valence-electron chi connectivity index (χ1n) is 7.70. The van der Waals surface area contributed by atoms with Gasteiger partial charge in [0.05, 0.1) is 26.0 Å². The third-order valence-corrected chi connectivity index (χ3v) is 4.13. The quantitative estimate of drug-likeness (QED) is 0.931. The average molecular weight is 306 g/mol. The van der Waals surface area contributed by atoms with E-state index in [1.807, 2.05) is 29.2 Å². The van der Waals surface area contributed by atoms with Gasteiger partial charge in [-0.15, -0.1) is 0 Å². The number of para-hydroxylation sites is 2. The van der Waals surface area contributed by atoms with Gasteiger partial charge in [-0.2, -0.15) is 0 Å². The highest BCUT2D eigenvalue weighted by molar-refractivity contribution is 5.91. The van der Waals surface area contributed by atoms with E-state index in [9.17, 15) is 4.79 Å². The number of hydrogen-bond acceptors (Lipinski definition) is 4. The number of rotatable bonds is 3. The maximum Gasteiger partial charge on any atom is 0.321 e. The second-order valence-electron chi connectivity index (χ2n) is 5.59. The largest absolute Gasteiger partial charge is 0.495 e. The smallest absolute Gasteiger partial charge is 0.321 e. The van der Waals surface area contributed by atoms with Crippen LogP contribution in [0, 0.1) is 5.92 Å². The van der Waals surface area contributed by atoms with Crippen molar-refractivity contribution < 1.29 is 19.0 Å². The Morgan fingerprint density at radius 3 is 2.86 bits per heavy atom. The van der Waals surface area contributed by atoms with Gasteiger partial charge in [-0.05, 0) is 25.0 Å². The molecule has 2 saturated heterocycles. The summed E-state index contributed by atoms with van der Waals surface area (Å²) in [6, 6.07) is 7.31. The molecule has 0 radical (unpaired) electrons. The average Bonchev–Trinajstić information content (AvgIpc) is 3.10. The van der Waals surface area contributed by atoms with Gasteiger partial charge in [0.25, 0.3) is 0 Å².